The van der Waals surface area contributed by atoms with Gasteiger partial charge in [-0.3, -0.25) is 24.1 Å². The van der Waals surface area contributed by atoms with Crippen LogP contribution in [0.4, 0.5) is 5.69 Å². The molecule has 0 aliphatic carbocycles. The van der Waals surface area contributed by atoms with Crippen LogP contribution in [0.1, 0.15) is 42.5 Å². The average Bonchev–Trinajstić information content (AvgIpc) is 3.04. The Morgan fingerprint density at radius 3 is 2.50 bits per heavy atom. The third-order valence-electron chi connectivity index (χ3n) is 4.87. The van der Waals surface area contributed by atoms with Crippen molar-refractivity contribution in [3.63, 3.8) is 0 Å². The largest absolute Gasteiger partial charge is 0.452 e. The van der Waals surface area contributed by atoms with Crippen LogP contribution in [0, 0.1) is 0 Å². The van der Waals surface area contributed by atoms with Crippen LogP contribution in [0.15, 0.2) is 24.3 Å². The number of hydrogen-bond donors (Lipinski definition) is 1. The van der Waals surface area contributed by atoms with Gasteiger partial charge in [-0.1, -0.05) is 6.07 Å². The number of imide groups is 1. The number of piperidine rings is 1. The molecule has 1 aromatic rings. The highest BCUT2D eigenvalue weighted by Gasteiger charge is 2.32. The first-order chi connectivity index (χ1) is 13.4. The highest BCUT2D eigenvalue weighted by atomic mass is 16.5. The van der Waals surface area contributed by atoms with Gasteiger partial charge in [0.2, 0.25) is 17.7 Å². The molecule has 1 atom stereocenters. The van der Waals surface area contributed by atoms with E-state index in [0.29, 0.717) is 13.0 Å². The van der Waals surface area contributed by atoms with Crippen LogP contribution >= 0.6 is 0 Å². The molecule has 0 radical (unpaired) electrons. The van der Waals surface area contributed by atoms with Gasteiger partial charge in [0.1, 0.15) is 6.04 Å². The second-order valence-electron chi connectivity index (χ2n) is 6.75. The van der Waals surface area contributed by atoms with Crippen LogP contribution in [0.5, 0.6) is 0 Å². The number of carbonyl (C=O) groups is 5. The monoisotopic (exact) mass is 387 g/mol. The quantitative estimate of drug-likeness (QED) is 0.574. The molecule has 2 heterocycles. The summed E-state index contributed by atoms with van der Waals surface area (Å²) < 4.78 is 5.07. The SMILES string of the molecule is NC(=O)[C@H]1CCCCN1C(=O)COC(=O)c1cccc(N2C(=O)CCC2=O)c1. The fourth-order valence-corrected chi connectivity index (χ4v) is 3.46. The maximum Gasteiger partial charge on any atom is 0.338 e. The number of likely N-dealkylation sites (tertiary alicyclic amines) is 1. The number of anilines is 1. The molecule has 2 fully saturated rings. The van der Waals surface area contributed by atoms with E-state index in [0.717, 1.165) is 17.7 Å². The smallest absolute Gasteiger partial charge is 0.338 e. The lowest BCUT2D eigenvalue weighted by atomic mass is 10.0. The molecule has 0 unspecified atom stereocenters. The van der Waals surface area contributed by atoms with Gasteiger partial charge < -0.3 is 15.4 Å². The van der Waals surface area contributed by atoms with Crippen molar-refractivity contribution in [2.75, 3.05) is 18.1 Å². The minimum Gasteiger partial charge on any atom is -0.452 e. The zero-order chi connectivity index (χ0) is 20.3. The van der Waals surface area contributed by atoms with Crippen LogP contribution in [-0.2, 0) is 23.9 Å². The molecule has 28 heavy (non-hydrogen) atoms. The van der Waals surface area contributed by atoms with Crippen molar-refractivity contribution < 1.29 is 28.7 Å². The topological polar surface area (TPSA) is 127 Å². The van der Waals surface area contributed by atoms with E-state index < -0.39 is 30.4 Å². The molecule has 0 spiro atoms. The molecular weight excluding hydrogens is 366 g/mol. The Morgan fingerprint density at radius 2 is 1.82 bits per heavy atom. The maximum atomic E-state index is 12.4. The molecule has 3 rings (SSSR count). The first kappa shape index (κ1) is 19.5. The molecule has 2 aliphatic heterocycles. The third kappa shape index (κ3) is 4.03. The third-order valence-corrected chi connectivity index (χ3v) is 4.87. The first-order valence-corrected chi connectivity index (χ1v) is 9.10. The summed E-state index contributed by atoms with van der Waals surface area (Å²) in [6.07, 6.45) is 2.33. The molecule has 9 heteroatoms. The van der Waals surface area contributed by atoms with E-state index in [1.807, 2.05) is 0 Å². The molecular formula is C19H21N3O6. The zero-order valence-corrected chi connectivity index (χ0v) is 15.3. The Bertz CT molecular complexity index is 821. The Labute approximate surface area is 161 Å². The minimum absolute atomic E-state index is 0.114. The van der Waals surface area contributed by atoms with Crippen LogP contribution in [-0.4, -0.2) is 53.7 Å². The van der Waals surface area contributed by atoms with E-state index in [9.17, 15) is 24.0 Å². The normalized spacial score (nSPS) is 19.6. The van der Waals surface area contributed by atoms with Crippen LogP contribution < -0.4 is 10.6 Å². The predicted molar refractivity (Wildman–Crippen MR) is 97.0 cm³/mol. The standard InChI is InChI=1S/C19H21N3O6/c20-18(26)14-6-1-2-9-21(14)17(25)11-28-19(27)12-4-3-5-13(10-12)22-15(23)7-8-16(22)24/h3-5,10,14H,1-2,6-9,11H2,(H2,20,26)/t14-/m1/s1. The van der Waals surface area contributed by atoms with E-state index in [1.54, 1.807) is 6.07 Å². The second kappa shape index (κ2) is 8.20. The molecule has 2 N–H and O–H groups in total. The lowest BCUT2D eigenvalue weighted by Gasteiger charge is -2.33. The highest BCUT2D eigenvalue weighted by molar-refractivity contribution is 6.20. The number of esters is 1. The molecule has 9 nitrogen and oxygen atoms in total. The van der Waals surface area contributed by atoms with E-state index in [-0.39, 0.29) is 35.9 Å². The summed E-state index contributed by atoms with van der Waals surface area (Å²) in [5, 5.41) is 0. The molecule has 2 saturated heterocycles. The Kier molecular flexibility index (Phi) is 5.72. The molecule has 1 aromatic carbocycles. The summed E-state index contributed by atoms with van der Waals surface area (Å²) in [5.74, 6) is -2.48. The van der Waals surface area contributed by atoms with Gasteiger partial charge in [0.05, 0.1) is 11.3 Å². The highest BCUT2D eigenvalue weighted by Crippen LogP contribution is 2.24. The number of primary amides is 1. The summed E-state index contributed by atoms with van der Waals surface area (Å²) in [4.78, 5) is 62.2. The van der Waals surface area contributed by atoms with Gasteiger partial charge in [-0.05, 0) is 37.5 Å². The predicted octanol–water partition coefficient (Wildman–Crippen LogP) is 0.363. The Hall–Kier alpha value is -3.23. The number of nitrogens with two attached hydrogens (primary N) is 1. The molecule has 0 aromatic heterocycles. The van der Waals surface area contributed by atoms with Crippen molar-refractivity contribution in [3.05, 3.63) is 29.8 Å². The summed E-state index contributed by atoms with van der Waals surface area (Å²) in [6.45, 7) is -0.132. The summed E-state index contributed by atoms with van der Waals surface area (Å²) >= 11 is 0. The minimum atomic E-state index is -0.762. The number of ether oxygens (including phenoxy) is 1. The van der Waals surface area contributed by atoms with Gasteiger partial charge in [0, 0.05) is 19.4 Å². The van der Waals surface area contributed by atoms with Crippen molar-refractivity contribution in [1.82, 2.24) is 4.90 Å². The van der Waals surface area contributed by atoms with Crippen molar-refractivity contribution in [1.29, 1.82) is 0 Å². The average molecular weight is 387 g/mol. The lowest BCUT2D eigenvalue weighted by Crippen LogP contribution is -2.51. The van der Waals surface area contributed by atoms with Crippen molar-refractivity contribution in [2.45, 2.75) is 38.1 Å². The van der Waals surface area contributed by atoms with Gasteiger partial charge in [0.25, 0.3) is 5.91 Å². The zero-order valence-electron chi connectivity index (χ0n) is 15.3. The number of hydrogen-bond acceptors (Lipinski definition) is 6. The van der Waals surface area contributed by atoms with E-state index >= 15 is 0 Å². The number of rotatable bonds is 5. The van der Waals surface area contributed by atoms with E-state index in [4.69, 9.17) is 10.5 Å². The van der Waals surface area contributed by atoms with Gasteiger partial charge >= 0.3 is 5.97 Å². The maximum absolute atomic E-state index is 12.4. The summed E-state index contributed by atoms with van der Waals surface area (Å²) in [6, 6.07) is 5.24. The molecule has 2 aliphatic rings. The molecule has 0 saturated carbocycles. The summed E-state index contributed by atoms with van der Waals surface area (Å²) in [5.41, 5.74) is 5.74. The summed E-state index contributed by atoms with van der Waals surface area (Å²) in [7, 11) is 0. The number of nitrogens with zero attached hydrogens (tertiary/aromatic N) is 2. The van der Waals surface area contributed by atoms with Gasteiger partial charge in [-0.15, -0.1) is 0 Å². The number of carbonyl (C=O) groups excluding carboxylic acids is 5. The van der Waals surface area contributed by atoms with Gasteiger partial charge in [-0.2, -0.15) is 0 Å². The van der Waals surface area contributed by atoms with E-state index in [2.05, 4.69) is 0 Å². The fraction of sp³-hybridized carbons (Fsp3) is 0.421. The Morgan fingerprint density at radius 1 is 1.11 bits per heavy atom. The van der Waals surface area contributed by atoms with Crippen LogP contribution in [0.3, 0.4) is 0 Å². The first-order valence-electron chi connectivity index (χ1n) is 9.10. The molecule has 4 amide bonds. The van der Waals surface area contributed by atoms with Crippen molar-refractivity contribution in [3.8, 4) is 0 Å². The van der Waals surface area contributed by atoms with Crippen molar-refractivity contribution in [2.24, 2.45) is 5.73 Å². The van der Waals surface area contributed by atoms with Crippen molar-refractivity contribution >= 4 is 35.3 Å². The van der Waals surface area contributed by atoms with Gasteiger partial charge in [0.15, 0.2) is 6.61 Å². The van der Waals surface area contributed by atoms with Gasteiger partial charge in [-0.25, -0.2) is 4.79 Å². The second-order valence-corrected chi connectivity index (χ2v) is 6.75. The van der Waals surface area contributed by atoms with E-state index in [1.165, 1.54) is 23.1 Å². The molecule has 148 valence electrons. The fourth-order valence-electron chi connectivity index (χ4n) is 3.46. The Balaban J connectivity index is 1.64. The number of amides is 4. The molecule has 0 bridgehead atoms. The number of benzene rings is 1. The van der Waals surface area contributed by atoms with Crippen LogP contribution in [0.25, 0.3) is 0 Å². The lowest BCUT2D eigenvalue weighted by molar-refractivity contribution is -0.143. The van der Waals surface area contributed by atoms with Crippen LogP contribution in [0.2, 0.25) is 0 Å².